The standard InChI is InChI=1S/C21H47N3O/c1-3-4-5-6-7-8-9-10-11-12-13-14-15-21(25)19-24-17-16-23-18-20(2)22/h20-21,23-25H,3-19,22H2,1-2H3. The summed E-state index contributed by atoms with van der Waals surface area (Å²) >= 11 is 0. The Labute approximate surface area is 157 Å². The molecule has 152 valence electrons. The maximum atomic E-state index is 9.95. The first kappa shape index (κ1) is 24.8. The van der Waals surface area contributed by atoms with E-state index in [1.165, 1.54) is 70.6 Å². The molecule has 5 N–H and O–H groups in total. The fourth-order valence-electron chi connectivity index (χ4n) is 3.10. The molecule has 0 heterocycles. The summed E-state index contributed by atoms with van der Waals surface area (Å²) in [4.78, 5) is 0. The third kappa shape index (κ3) is 21.8. The molecule has 0 fully saturated rings. The SMILES string of the molecule is CCCCCCCCCCCCCCC(O)CNCCNCC(C)N. The Kier molecular flexibility index (Phi) is 20.0. The Morgan fingerprint density at radius 2 is 1.16 bits per heavy atom. The minimum Gasteiger partial charge on any atom is -0.392 e. The van der Waals surface area contributed by atoms with Crippen LogP contribution in [0.1, 0.15) is 97.3 Å². The van der Waals surface area contributed by atoms with Crippen LogP contribution >= 0.6 is 0 Å². The van der Waals surface area contributed by atoms with E-state index in [9.17, 15) is 5.11 Å². The molecule has 0 aliphatic rings. The fourth-order valence-corrected chi connectivity index (χ4v) is 3.10. The Hall–Kier alpha value is -0.160. The molecule has 0 bridgehead atoms. The van der Waals surface area contributed by atoms with Gasteiger partial charge >= 0.3 is 0 Å². The molecule has 4 nitrogen and oxygen atoms in total. The van der Waals surface area contributed by atoms with Crippen molar-refractivity contribution >= 4 is 0 Å². The van der Waals surface area contributed by atoms with Gasteiger partial charge in [-0.05, 0) is 13.3 Å². The summed E-state index contributed by atoms with van der Waals surface area (Å²) in [5.74, 6) is 0. The van der Waals surface area contributed by atoms with Gasteiger partial charge in [-0.3, -0.25) is 0 Å². The quantitative estimate of drug-likeness (QED) is 0.249. The van der Waals surface area contributed by atoms with E-state index in [-0.39, 0.29) is 12.1 Å². The maximum Gasteiger partial charge on any atom is 0.0664 e. The summed E-state index contributed by atoms with van der Waals surface area (Å²) in [6.07, 6.45) is 17.1. The van der Waals surface area contributed by atoms with Crippen molar-refractivity contribution in [2.75, 3.05) is 26.2 Å². The second kappa shape index (κ2) is 20.2. The number of nitrogens with two attached hydrogens (primary N) is 1. The summed E-state index contributed by atoms with van der Waals surface area (Å²) < 4.78 is 0. The average Bonchev–Trinajstić information content (AvgIpc) is 2.58. The monoisotopic (exact) mass is 357 g/mol. The van der Waals surface area contributed by atoms with Crippen molar-refractivity contribution in [3.8, 4) is 0 Å². The lowest BCUT2D eigenvalue weighted by molar-refractivity contribution is 0.158. The minimum atomic E-state index is -0.198. The van der Waals surface area contributed by atoms with Crippen molar-refractivity contribution in [2.24, 2.45) is 5.73 Å². The molecule has 0 saturated carbocycles. The van der Waals surface area contributed by atoms with Gasteiger partial charge in [0.05, 0.1) is 6.10 Å². The second-order valence-corrected chi connectivity index (χ2v) is 7.72. The molecule has 0 aromatic rings. The van der Waals surface area contributed by atoms with Crippen LogP contribution in [0.25, 0.3) is 0 Å². The van der Waals surface area contributed by atoms with Crippen LogP contribution in [-0.4, -0.2) is 43.4 Å². The van der Waals surface area contributed by atoms with Crippen LogP contribution in [0.3, 0.4) is 0 Å². The highest BCUT2D eigenvalue weighted by Gasteiger charge is 2.03. The number of rotatable bonds is 20. The van der Waals surface area contributed by atoms with Gasteiger partial charge in [0, 0.05) is 32.2 Å². The van der Waals surface area contributed by atoms with Gasteiger partial charge in [0.15, 0.2) is 0 Å². The highest BCUT2D eigenvalue weighted by molar-refractivity contribution is 4.62. The second-order valence-electron chi connectivity index (χ2n) is 7.72. The molecule has 0 saturated heterocycles. The van der Waals surface area contributed by atoms with Crippen LogP contribution in [0.4, 0.5) is 0 Å². The van der Waals surface area contributed by atoms with E-state index in [2.05, 4.69) is 17.6 Å². The summed E-state index contributed by atoms with van der Waals surface area (Å²) in [5, 5.41) is 16.5. The molecule has 0 radical (unpaired) electrons. The van der Waals surface area contributed by atoms with Gasteiger partial charge in [0.25, 0.3) is 0 Å². The Bertz CT molecular complexity index is 249. The lowest BCUT2D eigenvalue weighted by Crippen LogP contribution is -2.37. The lowest BCUT2D eigenvalue weighted by Gasteiger charge is -2.12. The van der Waals surface area contributed by atoms with Crippen molar-refractivity contribution in [3.05, 3.63) is 0 Å². The van der Waals surface area contributed by atoms with Gasteiger partial charge in [-0.1, -0.05) is 84.0 Å². The smallest absolute Gasteiger partial charge is 0.0664 e. The molecule has 0 spiro atoms. The molecule has 4 heteroatoms. The third-order valence-electron chi connectivity index (χ3n) is 4.72. The van der Waals surface area contributed by atoms with Crippen molar-refractivity contribution in [3.63, 3.8) is 0 Å². The maximum absolute atomic E-state index is 9.95. The molecular formula is C21H47N3O. The van der Waals surface area contributed by atoms with Crippen LogP contribution in [0, 0.1) is 0 Å². The number of aliphatic hydroxyl groups is 1. The van der Waals surface area contributed by atoms with E-state index < -0.39 is 0 Å². The molecule has 0 aromatic carbocycles. The number of hydrogen-bond acceptors (Lipinski definition) is 4. The predicted octanol–water partition coefficient (Wildman–Crippen LogP) is 3.96. The first-order valence-corrected chi connectivity index (χ1v) is 11.0. The van der Waals surface area contributed by atoms with Crippen LogP contribution < -0.4 is 16.4 Å². The van der Waals surface area contributed by atoms with Crippen LogP contribution in [0.15, 0.2) is 0 Å². The summed E-state index contributed by atoms with van der Waals surface area (Å²) in [7, 11) is 0. The summed E-state index contributed by atoms with van der Waals surface area (Å²) in [5.41, 5.74) is 5.67. The average molecular weight is 358 g/mol. The number of nitrogens with one attached hydrogen (secondary N) is 2. The first-order chi connectivity index (χ1) is 12.2. The molecule has 0 amide bonds. The molecule has 0 aliphatic carbocycles. The van der Waals surface area contributed by atoms with E-state index in [1.807, 2.05) is 6.92 Å². The zero-order chi connectivity index (χ0) is 18.6. The fraction of sp³-hybridized carbons (Fsp3) is 1.00. The zero-order valence-electron chi connectivity index (χ0n) is 17.2. The van der Waals surface area contributed by atoms with Gasteiger partial charge in [-0.25, -0.2) is 0 Å². The van der Waals surface area contributed by atoms with Crippen LogP contribution in [-0.2, 0) is 0 Å². The van der Waals surface area contributed by atoms with Gasteiger partial charge in [0.2, 0.25) is 0 Å². The van der Waals surface area contributed by atoms with Crippen molar-refractivity contribution in [2.45, 2.75) is 109 Å². The molecule has 2 unspecified atom stereocenters. The van der Waals surface area contributed by atoms with Crippen molar-refractivity contribution < 1.29 is 5.11 Å². The molecule has 2 atom stereocenters. The molecule has 0 rings (SSSR count). The number of unbranched alkanes of at least 4 members (excludes halogenated alkanes) is 11. The van der Waals surface area contributed by atoms with Crippen LogP contribution in [0.2, 0.25) is 0 Å². The number of aliphatic hydroxyl groups excluding tert-OH is 1. The van der Waals surface area contributed by atoms with E-state index in [4.69, 9.17) is 5.73 Å². The normalized spacial score (nSPS) is 13.9. The third-order valence-corrected chi connectivity index (χ3v) is 4.72. The summed E-state index contributed by atoms with van der Waals surface area (Å²) in [6, 6.07) is 0.205. The van der Waals surface area contributed by atoms with Crippen molar-refractivity contribution in [1.29, 1.82) is 0 Å². The van der Waals surface area contributed by atoms with Gasteiger partial charge < -0.3 is 21.5 Å². The zero-order valence-corrected chi connectivity index (χ0v) is 17.2. The molecule has 0 aromatic heterocycles. The molecule has 0 aliphatic heterocycles. The van der Waals surface area contributed by atoms with Crippen LogP contribution in [0.5, 0.6) is 0 Å². The van der Waals surface area contributed by atoms with E-state index in [0.717, 1.165) is 32.5 Å². The Morgan fingerprint density at radius 1 is 0.720 bits per heavy atom. The largest absolute Gasteiger partial charge is 0.392 e. The van der Waals surface area contributed by atoms with E-state index in [1.54, 1.807) is 0 Å². The Morgan fingerprint density at radius 3 is 1.64 bits per heavy atom. The van der Waals surface area contributed by atoms with Crippen molar-refractivity contribution in [1.82, 2.24) is 10.6 Å². The van der Waals surface area contributed by atoms with E-state index >= 15 is 0 Å². The lowest BCUT2D eigenvalue weighted by atomic mass is 10.0. The summed E-state index contributed by atoms with van der Waals surface area (Å²) in [6.45, 7) is 7.63. The Balaban J connectivity index is 3.13. The van der Waals surface area contributed by atoms with Gasteiger partial charge in [0.1, 0.15) is 0 Å². The highest BCUT2D eigenvalue weighted by Crippen LogP contribution is 2.12. The minimum absolute atomic E-state index is 0.198. The molecular weight excluding hydrogens is 310 g/mol. The molecule has 25 heavy (non-hydrogen) atoms. The predicted molar refractivity (Wildman–Crippen MR) is 111 cm³/mol. The number of hydrogen-bond donors (Lipinski definition) is 4. The first-order valence-electron chi connectivity index (χ1n) is 11.0. The highest BCUT2D eigenvalue weighted by atomic mass is 16.3. The van der Waals surface area contributed by atoms with E-state index in [0.29, 0.717) is 6.54 Å². The topological polar surface area (TPSA) is 70.3 Å². The van der Waals surface area contributed by atoms with Gasteiger partial charge in [-0.15, -0.1) is 0 Å². The van der Waals surface area contributed by atoms with Gasteiger partial charge in [-0.2, -0.15) is 0 Å².